The van der Waals surface area contributed by atoms with Crippen LogP contribution in [0.4, 0.5) is 5.69 Å². The molecule has 1 aromatic carbocycles. The number of anilines is 1. The van der Waals surface area contributed by atoms with Crippen LogP contribution >= 0.6 is 0 Å². The molecule has 14 heavy (non-hydrogen) atoms. The molecule has 0 aromatic heterocycles. The Hall–Kier alpha value is -1.53. The Labute approximate surface area is 84.5 Å². The highest BCUT2D eigenvalue weighted by molar-refractivity contribution is 5.48. The van der Waals surface area contributed by atoms with Gasteiger partial charge in [-0.15, -0.1) is 0 Å². The van der Waals surface area contributed by atoms with Crippen molar-refractivity contribution in [3.63, 3.8) is 0 Å². The fourth-order valence-electron chi connectivity index (χ4n) is 1.15. The van der Waals surface area contributed by atoms with Crippen LogP contribution in [0.3, 0.4) is 0 Å². The first-order valence-corrected chi connectivity index (χ1v) is 4.48. The van der Waals surface area contributed by atoms with E-state index in [-0.39, 0.29) is 0 Å². The number of ether oxygens (including phenoxy) is 1. The molecule has 0 radical (unpaired) electrons. The summed E-state index contributed by atoms with van der Waals surface area (Å²) in [5, 5.41) is 8.62. The minimum atomic E-state index is 0.689. The lowest BCUT2D eigenvalue weighted by atomic mass is 10.2. The maximum absolute atomic E-state index is 8.62. The van der Waals surface area contributed by atoms with Crippen LogP contribution in [-0.2, 0) is 4.74 Å². The van der Waals surface area contributed by atoms with Crippen molar-refractivity contribution in [3.8, 4) is 6.07 Å². The highest BCUT2D eigenvalue weighted by Gasteiger charge is 1.99. The highest BCUT2D eigenvalue weighted by atomic mass is 16.5. The number of rotatable bonds is 4. The molecule has 0 atom stereocenters. The standard InChI is InChI=1S/C11H14N2O/c1-13(7-8-14-2)11-5-3-10(9-12)4-6-11/h3-6H,7-8H2,1-2H3. The van der Waals surface area contributed by atoms with Crippen molar-refractivity contribution in [2.75, 3.05) is 32.2 Å². The van der Waals surface area contributed by atoms with E-state index in [9.17, 15) is 0 Å². The van der Waals surface area contributed by atoms with Gasteiger partial charge in [0, 0.05) is 26.4 Å². The van der Waals surface area contributed by atoms with Gasteiger partial charge in [0.25, 0.3) is 0 Å². The van der Waals surface area contributed by atoms with Gasteiger partial charge < -0.3 is 9.64 Å². The Morgan fingerprint density at radius 3 is 2.50 bits per heavy atom. The molecule has 1 aromatic rings. The van der Waals surface area contributed by atoms with E-state index >= 15 is 0 Å². The molecule has 0 spiro atoms. The van der Waals surface area contributed by atoms with E-state index in [0.717, 1.165) is 12.2 Å². The second kappa shape index (κ2) is 5.25. The average molecular weight is 190 g/mol. The van der Waals surface area contributed by atoms with Crippen LogP contribution in [0.2, 0.25) is 0 Å². The van der Waals surface area contributed by atoms with Gasteiger partial charge in [0.05, 0.1) is 18.2 Å². The lowest BCUT2D eigenvalue weighted by molar-refractivity contribution is 0.206. The first-order valence-electron chi connectivity index (χ1n) is 4.48. The van der Waals surface area contributed by atoms with E-state index in [1.54, 1.807) is 7.11 Å². The number of likely N-dealkylation sites (N-methyl/N-ethyl adjacent to an activating group) is 1. The summed E-state index contributed by atoms with van der Waals surface area (Å²) >= 11 is 0. The summed E-state index contributed by atoms with van der Waals surface area (Å²) < 4.78 is 4.98. The summed E-state index contributed by atoms with van der Waals surface area (Å²) in [6, 6.07) is 9.61. The van der Waals surface area contributed by atoms with Crippen LogP contribution < -0.4 is 4.90 Å². The van der Waals surface area contributed by atoms with Gasteiger partial charge in [-0.05, 0) is 24.3 Å². The van der Waals surface area contributed by atoms with Gasteiger partial charge in [-0.2, -0.15) is 5.26 Å². The predicted octanol–water partition coefficient (Wildman–Crippen LogP) is 1.64. The number of hydrogen-bond donors (Lipinski definition) is 0. The fourth-order valence-corrected chi connectivity index (χ4v) is 1.15. The van der Waals surface area contributed by atoms with E-state index in [2.05, 4.69) is 11.0 Å². The molecule has 0 bridgehead atoms. The zero-order valence-electron chi connectivity index (χ0n) is 8.53. The van der Waals surface area contributed by atoms with Crippen molar-refractivity contribution >= 4 is 5.69 Å². The molecule has 0 fully saturated rings. The summed E-state index contributed by atoms with van der Waals surface area (Å²) in [5.41, 5.74) is 1.79. The minimum absolute atomic E-state index is 0.689. The fraction of sp³-hybridized carbons (Fsp3) is 0.364. The molecule has 0 N–H and O–H groups in total. The van der Waals surface area contributed by atoms with Gasteiger partial charge in [0.15, 0.2) is 0 Å². The van der Waals surface area contributed by atoms with Crippen molar-refractivity contribution in [1.82, 2.24) is 0 Å². The molecule has 0 aliphatic carbocycles. The Morgan fingerprint density at radius 2 is 2.00 bits per heavy atom. The normalized spacial score (nSPS) is 9.50. The smallest absolute Gasteiger partial charge is 0.0991 e. The van der Waals surface area contributed by atoms with Gasteiger partial charge in [-0.1, -0.05) is 0 Å². The predicted molar refractivity (Wildman–Crippen MR) is 56.3 cm³/mol. The number of hydrogen-bond acceptors (Lipinski definition) is 3. The molecule has 0 unspecified atom stereocenters. The third-order valence-corrected chi connectivity index (χ3v) is 2.07. The number of methoxy groups -OCH3 is 1. The lowest BCUT2D eigenvalue weighted by Gasteiger charge is -2.18. The molecule has 0 amide bonds. The Bertz CT molecular complexity index is 313. The SMILES string of the molecule is COCCN(C)c1ccc(C#N)cc1. The van der Waals surface area contributed by atoms with E-state index in [4.69, 9.17) is 10.00 Å². The summed E-state index contributed by atoms with van der Waals surface area (Å²) in [6.45, 7) is 1.55. The van der Waals surface area contributed by atoms with E-state index < -0.39 is 0 Å². The first kappa shape index (κ1) is 10.6. The van der Waals surface area contributed by atoms with Crippen LogP contribution in [0.25, 0.3) is 0 Å². The number of benzene rings is 1. The van der Waals surface area contributed by atoms with Gasteiger partial charge in [0.1, 0.15) is 0 Å². The van der Waals surface area contributed by atoms with Crippen molar-refractivity contribution < 1.29 is 4.74 Å². The monoisotopic (exact) mass is 190 g/mol. The molecule has 3 nitrogen and oxygen atoms in total. The topological polar surface area (TPSA) is 36.3 Å². The molecule has 0 aliphatic rings. The molecule has 0 saturated carbocycles. The molecular weight excluding hydrogens is 176 g/mol. The molecule has 0 aliphatic heterocycles. The summed E-state index contributed by atoms with van der Waals surface area (Å²) in [6.07, 6.45) is 0. The van der Waals surface area contributed by atoms with E-state index in [1.807, 2.05) is 31.3 Å². The minimum Gasteiger partial charge on any atom is -0.383 e. The molecule has 74 valence electrons. The van der Waals surface area contributed by atoms with Gasteiger partial charge >= 0.3 is 0 Å². The van der Waals surface area contributed by atoms with Gasteiger partial charge in [-0.25, -0.2) is 0 Å². The highest BCUT2D eigenvalue weighted by Crippen LogP contribution is 2.12. The van der Waals surface area contributed by atoms with Crippen LogP contribution in [0.5, 0.6) is 0 Å². The van der Waals surface area contributed by atoms with Crippen molar-refractivity contribution in [3.05, 3.63) is 29.8 Å². The van der Waals surface area contributed by atoms with Crippen LogP contribution in [0, 0.1) is 11.3 Å². The number of nitriles is 1. The molecule has 3 heteroatoms. The second-order valence-electron chi connectivity index (χ2n) is 3.07. The van der Waals surface area contributed by atoms with Crippen LogP contribution in [0.15, 0.2) is 24.3 Å². The van der Waals surface area contributed by atoms with Crippen LogP contribution in [0.1, 0.15) is 5.56 Å². The van der Waals surface area contributed by atoms with Crippen molar-refractivity contribution in [2.24, 2.45) is 0 Å². The zero-order valence-corrected chi connectivity index (χ0v) is 8.53. The maximum atomic E-state index is 8.62. The van der Waals surface area contributed by atoms with Gasteiger partial charge in [0.2, 0.25) is 0 Å². The van der Waals surface area contributed by atoms with Crippen molar-refractivity contribution in [1.29, 1.82) is 5.26 Å². The number of nitrogens with zero attached hydrogens (tertiary/aromatic N) is 2. The van der Waals surface area contributed by atoms with Crippen LogP contribution in [-0.4, -0.2) is 27.3 Å². The Balaban J connectivity index is 2.63. The van der Waals surface area contributed by atoms with E-state index in [0.29, 0.717) is 12.2 Å². The molecule has 0 heterocycles. The third kappa shape index (κ3) is 2.75. The summed E-state index contributed by atoms with van der Waals surface area (Å²) in [5.74, 6) is 0. The Morgan fingerprint density at radius 1 is 1.36 bits per heavy atom. The summed E-state index contributed by atoms with van der Waals surface area (Å²) in [7, 11) is 3.69. The largest absolute Gasteiger partial charge is 0.383 e. The lowest BCUT2D eigenvalue weighted by Crippen LogP contribution is -2.21. The third-order valence-electron chi connectivity index (χ3n) is 2.07. The maximum Gasteiger partial charge on any atom is 0.0991 e. The first-order chi connectivity index (χ1) is 6.77. The Kier molecular flexibility index (Phi) is 3.96. The zero-order chi connectivity index (χ0) is 10.4. The van der Waals surface area contributed by atoms with Gasteiger partial charge in [-0.3, -0.25) is 0 Å². The quantitative estimate of drug-likeness (QED) is 0.724. The summed E-state index contributed by atoms with van der Waals surface area (Å²) in [4.78, 5) is 2.09. The van der Waals surface area contributed by atoms with Crippen molar-refractivity contribution in [2.45, 2.75) is 0 Å². The second-order valence-corrected chi connectivity index (χ2v) is 3.07. The van der Waals surface area contributed by atoms with E-state index in [1.165, 1.54) is 0 Å². The molecule has 0 saturated heterocycles. The average Bonchev–Trinajstić information content (AvgIpc) is 2.26. The molecular formula is C11H14N2O. The molecule has 1 rings (SSSR count).